The minimum atomic E-state index is -0.244. The van der Waals surface area contributed by atoms with E-state index in [1.54, 1.807) is 0 Å². The van der Waals surface area contributed by atoms with Crippen molar-refractivity contribution in [2.45, 2.75) is 57.5 Å². The molecule has 0 amide bonds. The summed E-state index contributed by atoms with van der Waals surface area (Å²) in [6.45, 7) is 0. The Balaban J connectivity index is 1.52. The van der Waals surface area contributed by atoms with Crippen molar-refractivity contribution in [1.29, 1.82) is 0 Å². The van der Waals surface area contributed by atoms with Crippen molar-refractivity contribution in [2.24, 2.45) is 11.8 Å². The third-order valence-corrected chi connectivity index (χ3v) is 6.49. The summed E-state index contributed by atoms with van der Waals surface area (Å²) in [7, 11) is -0.244. The minimum Gasteiger partial charge on any atom is -0.381 e. The van der Waals surface area contributed by atoms with E-state index in [0.717, 1.165) is 18.1 Å². The number of nitrogens with one attached hydrogen (secondary N) is 1. The van der Waals surface area contributed by atoms with E-state index in [4.69, 9.17) is 4.74 Å². The van der Waals surface area contributed by atoms with E-state index < -0.39 is 0 Å². The predicted molar refractivity (Wildman–Crippen MR) is 82.6 cm³/mol. The number of ether oxygens (including phenoxy) is 1. The standard InChI is InChI=1S/C16H27NOSi/c1-2-7-13(6-1)16(14-8-3-4-9-14)18-12-19-15-10-5-11-17-15/h5,10-11,13-14,16-17H,1-4,6-9,12,19H2. The van der Waals surface area contributed by atoms with Crippen LogP contribution in [0.3, 0.4) is 0 Å². The first-order chi connectivity index (χ1) is 9.43. The van der Waals surface area contributed by atoms with Crippen LogP contribution in [0.2, 0.25) is 0 Å². The molecule has 0 radical (unpaired) electrons. The fraction of sp³-hybridized carbons (Fsp3) is 0.750. The van der Waals surface area contributed by atoms with Gasteiger partial charge in [0, 0.05) is 12.4 Å². The Morgan fingerprint density at radius 2 is 1.74 bits per heavy atom. The van der Waals surface area contributed by atoms with E-state index in [1.807, 2.05) is 6.20 Å². The van der Waals surface area contributed by atoms with Crippen molar-refractivity contribution in [3.8, 4) is 0 Å². The molecule has 0 bridgehead atoms. The van der Waals surface area contributed by atoms with Gasteiger partial charge in [-0.2, -0.15) is 0 Å². The SMILES string of the molecule is c1c[nH]c([SiH2]COC(C2CCCC2)C2CCCC2)c1. The Morgan fingerprint density at radius 3 is 2.26 bits per heavy atom. The molecule has 2 aliphatic carbocycles. The van der Waals surface area contributed by atoms with Crippen molar-refractivity contribution in [3.05, 3.63) is 18.3 Å². The van der Waals surface area contributed by atoms with Crippen LogP contribution >= 0.6 is 0 Å². The molecule has 2 fully saturated rings. The van der Waals surface area contributed by atoms with E-state index in [0.29, 0.717) is 6.10 Å². The van der Waals surface area contributed by atoms with Gasteiger partial charge in [-0.1, -0.05) is 25.7 Å². The molecule has 0 aliphatic heterocycles. The Kier molecular flexibility index (Phi) is 4.78. The number of aromatic amines is 1. The molecular weight excluding hydrogens is 250 g/mol. The predicted octanol–water partition coefficient (Wildman–Crippen LogP) is 2.53. The summed E-state index contributed by atoms with van der Waals surface area (Å²) < 4.78 is 6.43. The summed E-state index contributed by atoms with van der Waals surface area (Å²) >= 11 is 0. The Bertz CT molecular complexity index is 337. The van der Waals surface area contributed by atoms with Crippen molar-refractivity contribution in [2.75, 3.05) is 6.23 Å². The average molecular weight is 277 g/mol. The summed E-state index contributed by atoms with van der Waals surface area (Å²) in [4.78, 5) is 3.33. The summed E-state index contributed by atoms with van der Waals surface area (Å²) in [5.74, 6) is 1.75. The molecule has 0 atom stereocenters. The first-order valence-corrected chi connectivity index (χ1v) is 9.88. The first-order valence-electron chi connectivity index (χ1n) is 8.17. The summed E-state index contributed by atoms with van der Waals surface area (Å²) in [6, 6.07) is 4.32. The van der Waals surface area contributed by atoms with Crippen molar-refractivity contribution < 1.29 is 4.74 Å². The van der Waals surface area contributed by atoms with Crippen LogP contribution in [0.4, 0.5) is 0 Å². The largest absolute Gasteiger partial charge is 0.381 e. The maximum atomic E-state index is 6.43. The van der Waals surface area contributed by atoms with Crippen LogP contribution in [0.5, 0.6) is 0 Å². The molecule has 1 heterocycles. The number of hydrogen-bond acceptors (Lipinski definition) is 1. The highest BCUT2D eigenvalue weighted by atomic mass is 28.2. The number of H-pyrrole nitrogens is 1. The van der Waals surface area contributed by atoms with E-state index in [1.165, 1.54) is 56.7 Å². The molecule has 106 valence electrons. The summed E-state index contributed by atoms with van der Waals surface area (Å²) in [5.41, 5.74) is 0. The van der Waals surface area contributed by atoms with Gasteiger partial charge in [-0.15, -0.1) is 0 Å². The van der Waals surface area contributed by atoms with Gasteiger partial charge in [0.15, 0.2) is 0 Å². The lowest BCUT2D eigenvalue weighted by Crippen LogP contribution is -2.33. The molecule has 2 aliphatic rings. The monoisotopic (exact) mass is 277 g/mol. The minimum absolute atomic E-state index is 0.244. The molecule has 0 aromatic carbocycles. The highest BCUT2D eigenvalue weighted by Gasteiger charge is 2.33. The highest BCUT2D eigenvalue weighted by Crippen LogP contribution is 2.38. The molecular formula is C16H27NOSi. The van der Waals surface area contributed by atoms with Gasteiger partial charge in [-0.25, -0.2) is 0 Å². The normalized spacial score (nSPS) is 22.4. The van der Waals surface area contributed by atoms with E-state index in [2.05, 4.69) is 17.1 Å². The molecule has 3 heteroatoms. The smallest absolute Gasteiger partial charge is 0.105 e. The molecule has 1 aromatic rings. The third-order valence-electron chi connectivity index (χ3n) is 5.07. The molecule has 0 spiro atoms. The Morgan fingerprint density at radius 1 is 1.11 bits per heavy atom. The van der Waals surface area contributed by atoms with Crippen LogP contribution < -0.4 is 5.32 Å². The van der Waals surface area contributed by atoms with Crippen LogP contribution in [0.15, 0.2) is 18.3 Å². The third kappa shape index (κ3) is 3.51. The second kappa shape index (κ2) is 6.75. The maximum absolute atomic E-state index is 6.43. The van der Waals surface area contributed by atoms with Gasteiger partial charge in [0.05, 0.1) is 6.10 Å². The van der Waals surface area contributed by atoms with Crippen molar-refractivity contribution in [1.82, 2.24) is 4.98 Å². The van der Waals surface area contributed by atoms with Crippen LogP contribution in [-0.2, 0) is 4.74 Å². The van der Waals surface area contributed by atoms with Crippen LogP contribution in [-0.4, -0.2) is 26.8 Å². The Labute approximate surface area is 119 Å². The topological polar surface area (TPSA) is 25.0 Å². The average Bonchev–Trinajstić information content (AvgIpc) is 3.15. The highest BCUT2D eigenvalue weighted by molar-refractivity contribution is 6.52. The maximum Gasteiger partial charge on any atom is 0.105 e. The fourth-order valence-electron chi connectivity index (χ4n) is 4.06. The molecule has 0 unspecified atom stereocenters. The lowest BCUT2D eigenvalue weighted by molar-refractivity contribution is -0.00168. The van der Waals surface area contributed by atoms with Gasteiger partial charge >= 0.3 is 0 Å². The fourth-order valence-corrected chi connectivity index (χ4v) is 5.23. The van der Waals surface area contributed by atoms with Crippen LogP contribution in [0.1, 0.15) is 51.4 Å². The zero-order chi connectivity index (χ0) is 12.9. The van der Waals surface area contributed by atoms with Gasteiger partial charge < -0.3 is 9.72 Å². The number of hydrogen-bond donors (Lipinski definition) is 1. The molecule has 2 nitrogen and oxygen atoms in total. The van der Waals surface area contributed by atoms with E-state index >= 15 is 0 Å². The van der Waals surface area contributed by atoms with Crippen molar-refractivity contribution >= 4 is 14.8 Å². The van der Waals surface area contributed by atoms with Gasteiger partial charge in [-0.05, 0) is 55.0 Å². The summed E-state index contributed by atoms with van der Waals surface area (Å²) in [6.07, 6.45) is 15.1. The summed E-state index contributed by atoms with van der Waals surface area (Å²) in [5, 5.41) is 1.44. The number of rotatable bonds is 6. The lowest BCUT2D eigenvalue weighted by Gasteiger charge is -2.29. The first kappa shape index (κ1) is 13.4. The van der Waals surface area contributed by atoms with Crippen LogP contribution in [0.25, 0.3) is 0 Å². The van der Waals surface area contributed by atoms with Gasteiger partial charge in [-0.3, -0.25) is 0 Å². The Hall–Kier alpha value is -0.543. The molecule has 1 N–H and O–H groups in total. The quantitative estimate of drug-likeness (QED) is 0.794. The van der Waals surface area contributed by atoms with Gasteiger partial charge in [0.1, 0.15) is 9.52 Å². The van der Waals surface area contributed by atoms with Crippen molar-refractivity contribution in [3.63, 3.8) is 0 Å². The van der Waals surface area contributed by atoms with E-state index in [9.17, 15) is 0 Å². The second-order valence-electron chi connectivity index (χ2n) is 6.37. The zero-order valence-corrected chi connectivity index (χ0v) is 13.4. The van der Waals surface area contributed by atoms with Gasteiger partial charge in [0.2, 0.25) is 0 Å². The molecule has 2 saturated carbocycles. The molecule has 1 aromatic heterocycles. The second-order valence-corrected chi connectivity index (χ2v) is 8.04. The molecule has 3 rings (SSSR count). The zero-order valence-electron chi connectivity index (χ0n) is 11.9. The van der Waals surface area contributed by atoms with Crippen LogP contribution in [0, 0.1) is 11.8 Å². The number of aromatic nitrogens is 1. The molecule has 0 saturated heterocycles. The molecule has 19 heavy (non-hydrogen) atoms. The van der Waals surface area contributed by atoms with E-state index in [-0.39, 0.29) is 9.52 Å². The lowest BCUT2D eigenvalue weighted by atomic mass is 9.88. The van der Waals surface area contributed by atoms with Gasteiger partial charge in [0.25, 0.3) is 0 Å².